The third-order valence-electron chi connectivity index (χ3n) is 2.67. The van der Waals surface area contributed by atoms with Crippen LogP contribution in [0.1, 0.15) is 15.2 Å². The molecule has 7 heteroatoms. The number of anilines is 2. The number of aromatic carboxylic acids is 1. The van der Waals surface area contributed by atoms with Crippen LogP contribution in [0.2, 0.25) is 0 Å². The maximum absolute atomic E-state index is 12.0. The molecule has 110 valence electrons. The number of thiophene rings is 1. The number of carbonyl (C=O) groups is 2. The zero-order valence-corrected chi connectivity index (χ0v) is 12.3. The predicted octanol–water partition coefficient (Wildman–Crippen LogP) is 3.41. The summed E-state index contributed by atoms with van der Waals surface area (Å²) in [7, 11) is 1.50. The van der Waals surface area contributed by atoms with E-state index in [-0.39, 0.29) is 5.56 Å². The molecule has 3 N–H and O–H groups in total. The molecule has 0 atom stereocenters. The van der Waals surface area contributed by atoms with E-state index in [0.29, 0.717) is 16.4 Å². The van der Waals surface area contributed by atoms with Gasteiger partial charge in [0.05, 0.1) is 18.4 Å². The highest BCUT2D eigenvalue weighted by atomic mass is 32.1. The van der Waals surface area contributed by atoms with Gasteiger partial charge in [-0.05, 0) is 25.1 Å². The van der Waals surface area contributed by atoms with Crippen LogP contribution in [0.3, 0.4) is 0 Å². The first-order chi connectivity index (χ1) is 10.0. The average Bonchev–Trinajstić information content (AvgIpc) is 2.80. The van der Waals surface area contributed by atoms with E-state index >= 15 is 0 Å². The van der Waals surface area contributed by atoms with Crippen molar-refractivity contribution in [1.29, 1.82) is 0 Å². The summed E-state index contributed by atoms with van der Waals surface area (Å²) in [5.74, 6) is -0.555. The van der Waals surface area contributed by atoms with E-state index < -0.39 is 12.0 Å². The fourth-order valence-corrected chi connectivity index (χ4v) is 2.67. The van der Waals surface area contributed by atoms with Gasteiger partial charge in [-0.3, -0.25) is 5.32 Å². The fraction of sp³-hybridized carbons (Fsp3) is 0.143. The van der Waals surface area contributed by atoms with Gasteiger partial charge in [-0.25, -0.2) is 9.59 Å². The smallest absolute Gasteiger partial charge is 0.338 e. The molecule has 2 aromatic rings. The van der Waals surface area contributed by atoms with Crippen LogP contribution in [0.4, 0.5) is 15.5 Å². The Morgan fingerprint density at radius 3 is 2.62 bits per heavy atom. The van der Waals surface area contributed by atoms with E-state index in [1.54, 1.807) is 31.2 Å². The number of ether oxygens (including phenoxy) is 1. The minimum absolute atomic E-state index is 0.0766. The van der Waals surface area contributed by atoms with Crippen LogP contribution in [0.25, 0.3) is 0 Å². The SMILES string of the molecule is COc1ccccc1NC(=O)Nc1sc(C)cc1C(=O)O. The summed E-state index contributed by atoms with van der Waals surface area (Å²) in [5, 5.41) is 14.5. The minimum atomic E-state index is -1.08. The molecule has 2 amide bonds. The van der Waals surface area contributed by atoms with Crippen molar-refractivity contribution in [3.05, 3.63) is 40.8 Å². The normalized spacial score (nSPS) is 10.0. The van der Waals surface area contributed by atoms with Crippen LogP contribution in [0.15, 0.2) is 30.3 Å². The number of para-hydroxylation sites is 2. The van der Waals surface area contributed by atoms with Crippen molar-refractivity contribution >= 4 is 34.0 Å². The Hall–Kier alpha value is -2.54. The molecule has 0 saturated carbocycles. The van der Waals surface area contributed by atoms with E-state index in [1.165, 1.54) is 24.5 Å². The van der Waals surface area contributed by atoms with Crippen molar-refractivity contribution in [1.82, 2.24) is 0 Å². The molecule has 1 aromatic heterocycles. The second-order valence-corrected chi connectivity index (χ2v) is 5.44. The summed E-state index contributed by atoms with van der Waals surface area (Å²) in [4.78, 5) is 23.9. The minimum Gasteiger partial charge on any atom is -0.495 e. The number of carbonyl (C=O) groups excluding carboxylic acids is 1. The number of methoxy groups -OCH3 is 1. The first kappa shape index (κ1) is 14.9. The molecule has 0 radical (unpaired) electrons. The first-order valence-electron chi connectivity index (χ1n) is 6.06. The summed E-state index contributed by atoms with van der Waals surface area (Å²) in [5.41, 5.74) is 0.579. The van der Waals surface area contributed by atoms with Gasteiger partial charge >= 0.3 is 12.0 Å². The molecule has 1 heterocycles. The molecule has 0 aliphatic rings. The molecule has 0 spiro atoms. The first-order valence-corrected chi connectivity index (χ1v) is 6.87. The van der Waals surface area contributed by atoms with E-state index in [4.69, 9.17) is 9.84 Å². The molecule has 0 fully saturated rings. The molecule has 0 saturated heterocycles. The van der Waals surface area contributed by atoms with E-state index in [2.05, 4.69) is 10.6 Å². The second kappa shape index (κ2) is 6.27. The van der Waals surface area contributed by atoms with Crippen LogP contribution >= 0.6 is 11.3 Å². The van der Waals surface area contributed by atoms with Crippen molar-refractivity contribution in [3.8, 4) is 5.75 Å². The van der Waals surface area contributed by atoms with Gasteiger partial charge in [0.15, 0.2) is 0 Å². The average molecular weight is 306 g/mol. The zero-order chi connectivity index (χ0) is 15.4. The van der Waals surface area contributed by atoms with Crippen molar-refractivity contribution in [3.63, 3.8) is 0 Å². The van der Waals surface area contributed by atoms with Gasteiger partial charge in [0.25, 0.3) is 0 Å². The fourth-order valence-electron chi connectivity index (χ4n) is 1.77. The van der Waals surface area contributed by atoms with Gasteiger partial charge in [0.2, 0.25) is 0 Å². The molecule has 21 heavy (non-hydrogen) atoms. The molecule has 6 nitrogen and oxygen atoms in total. The van der Waals surface area contributed by atoms with Crippen LogP contribution in [0.5, 0.6) is 5.75 Å². The van der Waals surface area contributed by atoms with Crippen molar-refractivity contribution in [2.75, 3.05) is 17.7 Å². The Balaban J connectivity index is 2.14. The summed E-state index contributed by atoms with van der Waals surface area (Å²) in [6.45, 7) is 1.78. The van der Waals surface area contributed by atoms with Crippen molar-refractivity contribution in [2.24, 2.45) is 0 Å². The quantitative estimate of drug-likeness (QED) is 0.807. The Morgan fingerprint density at radius 2 is 1.95 bits per heavy atom. The number of amides is 2. The Bertz CT molecular complexity index is 681. The molecule has 0 aliphatic carbocycles. The number of carboxylic acid groups (broad SMARTS) is 1. The Morgan fingerprint density at radius 1 is 1.24 bits per heavy atom. The van der Waals surface area contributed by atoms with E-state index in [9.17, 15) is 9.59 Å². The molecular formula is C14H14N2O4S. The molecule has 0 aliphatic heterocycles. The van der Waals surface area contributed by atoms with Crippen LogP contribution in [0, 0.1) is 6.92 Å². The number of hydrogen-bond acceptors (Lipinski definition) is 4. The summed E-state index contributed by atoms with van der Waals surface area (Å²) in [6, 6.07) is 7.95. The summed E-state index contributed by atoms with van der Waals surface area (Å²) in [6.07, 6.45) is 0. The Kier molecular flexibility index (Phi) is 4.44. The van der Waals surface area contributed by atoms with Gasteiger partial charge in [0, 0.05) is 4.88 Å². The highest BCUT2D eigenvalue weighted by Crippen LogP contribution is 2.28. The molecule has 0 bridgehead atoms. The highest BCUT2D eigenvalue weighted by molar-refractivity contribution is 7.16. The van der Waals surface area contributed by atoms with Crippen molar-refractivity contribution in [2.45, 2.75) is 6.92 Å². The van der Waals surface area contributed by atoms with Gasteiger partial charge in [-0.1, -0.05) is 12.1 Å². The van der Waals surface area contributed by atoms with Crippen LogP contribution < -0.4 is 15.4 Å². The van der Waals surface area contributed by atoms with Gasteiger partial charge in [-0.2, -0.15) is 0 Å². The largest absolute Gasteiger partial charge is 0.495 e. The molecule has 0 unspecified atom stereocenters. The third kappa shape index (κ3) is 3.51. The highest BCUT2D eigenvalue weighted by Gasteiger charge is 2.16. The number of urea groups is 1. The third-order valence-corrected chi connectivity index (χ3v) is 3.63. The lowest BCUT2D eigenvalue weighted by Crippen LogP contribution is -2.20. The monoisotopic (exact) mass is 306 g/mol. The van der Waals surface area contributed by atoms with Crippen molar-refractivity contribution < 1.29 is 19.4 Å². The van der Waals surface area contributed by atoms with Gasteiger partial charge in [-0.15, -0.1) is 11.3 Å². The second-order valence-electron chi connectivity index (χ2n) is 4.18. The number of carboxylic acids is 1. The lowest BCUT2D eigenvalue weighted by Gasteiger charge is -2.10. The van der Waals surface area contributed by atoms with Crippen LogP contribution in [-0.4, -0.2) is 24.2 Å². The van der Waals surface area contributed by atoms with Gasteiger partial charge < -0.3 is 15.2 Å². The van der Waals surface area contributed by atoms with Crippen LogP contribution in [-0.2, 0) is 0 Å². The number of hydrogen-bond donors (Lipinski definition) is 3. The lowest BCUT2D eigenvalue weighted by molar-refractivity contribution is 0.0698. The lowest BCUT2D eigenvalue weighted by atomic mass is 10.3. The molecule has 2 rings (SSSR count). The maximum Gasteiger partial charge on any atom is 0.338 e. The molecule has 1 aromatic carbocycles. The standard InChI is InChI=1S/C14H14N2O4S/c1-8-7-9(13(17)18)12(21-8)16-14(19)15-10-5-3-4-6-11(10)20-2/h3-7H,1-2H3,(H,17,18)(H2,15,16,19). The topological polar surface area (TPSA) is 87.7 Å². The Labute approximate surface area is 125 Å². The number of rotatable bonds is 4. The number of aryl methyl sites for hydroxylation is 1. The van der Waals surface area contributed by atoms with Gasteiger partial charge in [0.1, 0.15) is 10.8 Å². The predicted molar refractivity (Wildman–Crippen MR) is 81.7 cm³/mol. The summed E-state index contributed by atoms with van der Waals surface area (Å²) < 4.78 is 5.13. The zero-order valence-electron chi connectivity index (χ0n) is 11.5. The number of benzene rings is 1. The number of nitrogens with one attached hydrogen (secondary N) is 2. The van der Waals surface area contributed by atoms with E-state index in [0.717, 1.165) is 4.88 Å². The maximum atomic E-state index is 12.0. The summed E-state index contributed by atoms with van der Waals surface area (Å²) >= 11 is 1.21. The van der Waals surface area contributed by atoms with E-state index in [1.807, 2.05) is 0 Å². The molecular weight excluding hydrogens is 292 g/mol.